The quantitative estimate of drug-likeness (QED) is 0.828. The minimum Gasteiger partial charge on any atom is -0.338 e. The summed E-state index contributed by atoms with van der Waals surface area (Å²) in [5.74, 6) is -0.368. The average molecular weight is 304 g/mol. The number of urea groups is 1. The van der Waals surface area contributed by atoms with Crippen molar-refractivity contribution in [1.82, 2.24) is 15.1 Å². The Kier molecular flexibility index (Phi) is 5.24. The first-order valence-corrected chi connectivity index (χ1v) is 6.89. The third kappa shape index (κ3) is 4.41. The summed E-state index contributed by atoms with van der Waals surface area (Å²) in [7, 11) is 0. The summed E-state index contributed by atoms with van der Waals surface area (Å²) in [6.45, 7) is 2.45. The fraction of sp³-hybridized carbons (Fsp3) is 0.267. The molecule has 0 bridgehead atoms. The molecule has 2 aromatic rings. The lowest BCUT2D eigenvalue weighted by Crippen LogP contribution is -2.31. The van der Waals surface area contributed by atoms with Crippen LogP contribution >= 0.6 is 0 Å². The standard InChI is InChI=1S/C15H17FN4O2/c1-11-5-6-12(10-13(11)16)19-15(22)17-7-3-9-20-14(21)4-2-8-18-20/h2,4-6,8,10H,3,7,9H2,1H3,(H2,17,19,22). The first kappa shape index (κ1) is 15.7. The molecule has 2 rings (SSSR count). The molecule has 2 N–H and O–H groups in total. The van der Waals surface area contributed by atoms with Crippen LogP contribution < -0.4 is 16.2 Å². The molecule has 0 saturated heterocycles. The normalized spacial score (nSPS) is 10.3. The van der Waals surface area contributed by atoms with E-state index in [1.807, 2.05) is 0 Å². The number of nitrogens with zero attached hydrogens (tertiary/aromatic N) is 2. The van der Waals surface area contributed by atoms with Crippen molar-refractivity contribution in [2.75, 3.05) is 11.9 Å². The summed E-state index contributed by atoms with van der Waals surface area (Å²) in [6.07, 6.45) is 2.10. The van der Waals surface area contributed by atoms with Crippen LogP contribution in [0.15, 0.2) is 41.3 Å². The largest absolute Gasteiger partial charge is 0.338 e. The van der Waals surface area contributed by atoms with Gasteiger partial charge in [-0.3, -0.25) is 4.79 Å². The molecule has 22 heavy (non-hydrogen) atoms. The van der Waals surface area contributed by atoms with Gasteiger partial charge in [0.2, 0.25) is 0 Å². The van der Waals surface area contributed by atoms with Gasteiger partial charge in [0.05, 0.1) is 0 Å². The molecule has 1 aromatic carbocycles. The highest BCUT2D eigenvalue weighted by Crippen LogP contribution is 2.13. The van der Waals surface area contributed by atoms with Gasteiger partial charge in [-0.05, 0) is 37.1 Å². The Hall–Kier alpha value is -2.70. The van der Waals surface area contributed by atoms with Crippen molar-refractivity contribution in [1.29, 1.82) is 0 Å². The number of halogens is 1. The van der Waals surface area contributed by atoms with Crippen LogP contribution in [0, 0.1) is 12.7 Å². The fourth-order valence-corrected chi connectivity index (χ4v) is 1.83. The maximum Gasteiger partial charge on any atom is 0.319 e. The Balaban J connectivity index is 1.75. The Morgan fingerprint density at radius 1 is 1.36 bits per heavy atom. The second-order valence-corrected chi connectivity index (χ2v) is 4.78. The number of carbonyl (C=O) groups excluding carboxylic acids is 1. The first-order chi connectivity index (χ1) is 10.6. The topological polar surface area (TPSA) is 76.0 Å². The average Bonchev–Trinajstić information content (AvgIpc) is 2.49. The second-order valence-electron chi connectivity index (χ2n) is 4.78. The van der Waals surface area contributed by atoms with Gasteiger partial charge >= 0.3 is 6.03 Å². The van der Waals surface area contributed by atoms with E-state index >= 15 is 0 Å². The minimum atomic E-state index is -0.420. The van der Waals surface area contributed by atoms with Gasteiger partial charge in [-0.1, -0.05) is 6.07 Å². The molecule has 0 radical (unpaired) electrons. The van der Waals surface area contributed by atoms with Gasteiger partial charge in [0.15, 0.2) is 0 Å². The van der Waals surface area contributed by atoms with Gasteiger partial charge in [0.25, 0.3) is 5.56 Å². The van der Waals surface area contributed by atoms with Gasteiger partial charge in [0.1, 0.15) is 5.82 Å². The fourth-order valence-electron chi connectivity index (χ4n) is 1.83. The monoisotopic (exact) mass is 304 g/mol. The van der Waals surface area contributed by atoms with E-state index < -0.39 is 6.03 Å². The van der Waals surface area contributed by atoms with E-state index in [2.05, 4.69) is 15.7 Å². The van der Waals surface area contributed by atoms with E-state index in [0.29, 0.717) is 30.8 Å². The molecule has 0 spiro atoms. The molecule has 0 aliphatic rings. The van der Waals surface area contributed by atoms with Gasteiger partial charge in [-0.15, -0.1) is 0 Å². The lowest BCUT2D eigenvalue weighted by Gasteiger charge is -2.08. The molecule has 6 nitrogen and oxygen atoms in total. The van der Waals surface area contributed by atoms with Crippen LogP contribution in [0.1, 0.15) is 12.0 Å². The summed E-state index contributed by atoms with van der Waals surface area (Å²) in [4.78, 5) is 23.1. The molecule has 0 aliphatic heterocycles. The number of nitrogens with one attached hydrogen (secondary N) is 2. The van der Waals surface area contributed by atoms with Gasteiger partial charge in [0, 0.05) is 31.0 Å². The number of rotatable bonds is 5. The third-order valence-electron chi connectivity index (χ3n) is 3.05. The number of carbonyl (C=O) groups is 1. The van der Waals surface area contributed by atoms with Gasteiger partial charge < -0.3 is 10.6 Å². The first-order valence-electron chi connectivity index (χ1n) is 6.89. The Bertz CT molecular complexity index is 715. The molecule has 0 aliphatic carbocycles. The number of amides is 2. The summed E-state index contributed by atoms with van der Waals surface area (Å²) < 4.78 is 14.7. The van der Waals surface area contributed by atoms with E-state index in [4.69, 9.17) is 0 Å². The number of aromatic nitrogens is 2. The van der Waals surface area contributed by atoms with E-state index in [1.165, 1.54) is 23.0 Å². The van der Waals surface area contributed by atoms with Crippen LogP contribution in [0.25, 0.3) is 0 Å². The number of aryl methyl sites for hydroxylation is 2. The zero-order chi connectivity index (χ0) is 15.9. The van der Waals surface area contributed by atoms with Crippen molar-refractivity contribution in [2.24, 2.45) is 0 Å². The van der Waals surface area contributed by atoms with Crippen molar-refractivity contribution in [3.63, 3.8) is 0 Å². The maximum absolute atomic E-state index is 13.4. The maximum atomic E-state index is 13.4. The van der Waals surface area contributed by atoms with E-state index in [1.54, 1.807) is 25.1 Å². The Morgan fingerprint density at radius 3 is 2.91 bits per heavy atom. The van der Waals surface area contributed by atoms with Crippen molar-refractivity contribution < 1.29 is 9.18 Å². The molecule has 0 saturated carbocycles. The second kappa shape index (κ2) is 7.35. The van der Waals surface area contributed by atoms with Gasteiger partial charge in [-0.2, -0.15) is 5.10 Å². The zero-order valence-electron chi connectivity index (χ0n) is 12.2. The Labute approximate surface area is 127 Å². The molecule has 0 atom stereocenters. The molecule has 1 aromatic heterocycles. The van der Waals surface area contributed by atoms with Crippen molar-refractivity contribution in [3.8, 4) is 0 Å². The Morgan fingerprint density at radius 2 is 2.18 bits per heavy atom. The number of benzene rings is 1. The van der Waals surface area contributed by atoms with Crippen LogP contribution in [0.2, 0.25) is 0 Å². The SMILES string of the molecule is Cc1ccc(NC(=O)NCCCn2ncccc2=O)cc1F. The lowest BCUT2D eigenvalue weighted by atomic mass is 10.2. The van der Waals surface area contributed by atoms with E-state index in [0.717, 1.165) is 0 Å². The molecular weight excluding hydrogens is 287 g/mol. The summed E-state index contributed by atoms with van der Waals surface area (Å²) in [5, 5.41) is 9.10. The summed E-state index contributed by atoms with van der Waals surface area (Å²) >= 11 is 0. The van der Waals surface area contributed by atoms with Crippen molar-refractivity contribution in [3.05, 3.63) is 58.3 Å². The van der Waals surface area contributed by atoms with Crippen molar-refractivity contribution >= 4 is 11.7 Å². The predicted octanol–water partition coefficient (Wildman–Crippen LogP) is 1.90. The molecular formula is C15H17FN4O2. The van der Waals surface area contributed by atoms with Gasteiger partial charge in [-0.25, -0.2) is 13.9 Å². The summed E-state index contributed by atoms with van der Waals surface area (Å²) in [5.41, 5.74) is 0.732. The molecule has 7 heteroatoms. The van der Waals surface area contributed by atoms with Crippen LogP contribution in [-0.2, 0) is 6.54 Å². The third-order valence-corrected chi connectivity index (χ3v) is 3.05. The number of anilines is 1. The highest BCUT2D eigenvalue weighted by Gasteiger charge is 2.04. The van der Waals surface area contributed by atoms with Crippen LogP contribution in [0.5, 0.6) is 0 Å². The lowest BCUT2D eigenvalue weighted by molar-refractivity contribution is 0.251. The van der Waals surface area contributed by atoms with E-state index in [-0.39, 0.29) is 11.4 Å². The number of hydrogen-bond donors (Lipinski definition) is 2. The van der Waals surface area contributed by atoms with Crippen molar-refractivity contribution in [2.45, 2.75) is 19.9 Å². The zero-order valence-corrected chi connectivity index (χ0v) is 12.2. The summed E-state index contributed by atoms with van der Waals surface area (Å²) in [6, 6.07) is 7.08. The predicted molar refractivity (Wildman–Crippen MR) is 81.3 cm³/mol. The molecule has 0 unspecified atom stereocenters. The molecule has 116 valence electrons. The van der Waals surface area contributed by atoms with Crippen LogP contribution in [0.4, 0.5) is 14.9 Å². The minimum absolute atomic E-state index is 0.179. The molecule has 0 fully saturated rings. The smallest absolute Gasteiger partial charge is 0.319 e. The van der Waals surface area contributed by atoms with Crippen LogP contribution in [0.3, 0.4) is 0 Å². The molecule has 1 heterocycles. The highest BCUT2D eigenvalue weighted by molar-refractivity contribution is 5.89. The van der Waals surface area contributed by atoms with Crippen LogP contribution in [-0.4, -0.2) is 22.4 Å². The highest BCUT2D eigenvalue weighted by atomic mass is 19.1. The van der Waals surface area contributed by atoms with E-state index in [9.17, 15) is 14.0 Å². The molecule has 2 amide bonds. The number of hydrogen-bond acceptors (Lipinski definition) is 3.